The van der Waals surface area contributed by atoms with E-state index >= 15 is 0 Å². The number of carboxylic acids is 5. The number of rotatable bonds is 10. The minimum absolute atomic E-state index is 0.0104. The van der Waals surface area contributed by atoms with Crippen molar-refractivity contribution in [1.29, 1.82) is 0 Å². The Labute approximate surface area is 171 Å². The fourth-order valence-corrected chi connectivity index (χ4v) is 0.905. The monoisotopic (exact) mass is 438 g/mol. The van der Waals surface area contributed by atoms with Crippen LogP contribution >= 0.6 is 0 Å². The minimum Gasteiger partial charge on any atom is -0.478 e. The highest BCUT2D eigenvalue weighted by Crippen LogP contribution is 2.02. The van der Waals surface area contributed by atoms with Gasteiger partial charge in [0.25, 0.3) is 0 Å². The van der Waals surface area contributed by atoms with E-state index in [0.717, 1.165) is 6.08 Å². The summed E-state index contributed by atoms with van der Waals surface area (Å²) in [6, 6.07) is 0. The first-order valence-corrected chi connectivity index (χ1v) is 7.83. The van der Waals surface area contributed by atoms with Gasteiger partial charge < -0.3 is 40.9 Å². The van der Waals surface area contributed by atoms with Gasteiger partial charge in [-0.05, 0) is 12.8 Å². The molecular formula is C17H26O13. The third-order valence-electron chi connectivity index (χ3n) is 2.20. The molecule has 0 aromatic heterocycles. The van der Waals surface area contributed by atoms with Crippen molar-refractivity contribution < 1.29 is 64.8 Å². The Morgan fingerprint density at radius 2 is 0.900 bits per heavy atom. The highest BCUT2D eigenvalue weighted by atomic mass is 16.4. The molecule has 0 aromatic rings. The number of hydrogen-bond acceptors (Lipinski definition) is 8. The molecular weight excluding hydrogens is 412 g/mol. The number of aliphatic hydroxyl groups is 3. The molecule has 0 saturated carbocycles. The molecule has 0 bridgehead atoms. The molecule has 13 nitrogen and oxygen atoms in total. The standard InChI is InChI=1S/C6H14O3.2C4H4O4.C3H4O2/c7-3-1-2-6(4-8)5-9;2*5-3(6)1-2-4(7)8;1-2-3(4)5/h6-9H,1-5H2;2*1-2H,(H,5,6)(H,7,8);2H,1H2,(H,4,5). The van der Waals surface area contributed by atoms with Crippen LogP contribution in [0, 0.1) is 5.92 Å². The number of carboxylic acid groups (broad SMARTS) is 5. The van der Waals surface area contributed by atoms with E-state index in [1.54, 1.807) is 0 Å². The van der Waals surface area contributed by atoms with Crippen molar-refractivity contribution in [2.24, 2.45) is 5.92 Å². The summed E-state index contributed by atoms with van der Waals surface area (Å²) in [5.74, 6) is -6.05. The van der Waals surface area contributed by atoms with Crippen molar-refractivity contribution in [2.75, 3.05) is 19.8 Å². The van der Waals surface area contributed by atoms with Crippen LogP contribution in [0.3, 0.4) is 0 Å². The lowest BCUT2D eigenvalue weighted by Crippen LogP contribution is -2.11. The molecule has 0 spiro atoms. The first-order valence-electron chi connectivity index (χ1n) is 7.83. The fourth-order valence-electron chi connectivity index (χ4n) is 0.905. The molecule has 0 radical (unpaired) electrons. The predicted molar refractivity (Wildman–Crippen MR) is 101 cm³/mol. The van der Waals surface area contributed by atoms with Gasteiger partial charge in [0.15, 0.2) is 0 Å². The Balaban J connectivity index is -0.000000153. The summed E-state index contributed by atoms with van der Waals surface area (Å²) in [6.45, 7) is 3.12. The van der Waals surface area contributed by atoms with Crippen LogP contribution in [0.4, 0.5) is 0 Å². The maximum absolute atomic E-state index is 9.55. The maximum atomic E-state index is 9.55. The molecule has 30 heavy (non-hydrogen) atoms. The van der Waals surface area contributed by atoms with Crippen molar-refractivity contribution in [3.05, 3.63) is 37.0 Å². The van der Waals surface area contributed by atoms with Gasteiger partial charge in [0, 0.05) is 56.1 Å². The molecule has 0 aliphatic heterocycles. The smallest absolute Gasteiger partial charge is 0.328 e. The number of aliphatic carboxylic acids is 5. The van der Waals surface area contributed by atoms with Gasteiger partial charge in [-0.1, -0.05) is 6.58 Å². The van der Waals surface area contributed by atoms with Crippen molar-refractivity contribution >= 4 is 29.8 Å². The van der Waals surface area contributed by atoms with E-state index in [4.69, 9.17) is 40.9 Å². The lowest BCUT2D eigenvalue weighted by molar-refractivity contribution is -0.134. The fraction of sp³-hybridized carbons (Fsp3) is 0.353. The summed E-state index contributed by atoms with van der Waals surface area (Å²) in [7, 11) is 0. The van der Waals surface area contributed by atoms with Gasteiger partial charge in [-0.25, -0.2) is 24.0 Å². The van der Waals surface area contributed by atoms with E-state index < -0.39 is 29.8 Å². The van der Waals surface area contributed by atoms with Gasteiger partial charge in [-0.2, -0.15) is 0 Å². The summed E-state index contributed by atoms with van der Waals surface area (Å²) in [5, 5.41) is 64.2. The second-order valence-electron chi connectivity index (χ2n) is 4.66. The second kappa shape index (κ2) is 25.4. The van der Waals surface area contributed by atoms with Crippen LogP contribution in [0.15, 0.2) is 37.0 Å². The van der Waals surface area contributed by atoms with Gasteiger partial charge in [0.2, 0.25) is 0 Å². The average Bonchev–Trinajstić information content (AvgIpc) is 2.67. The van der Waals surface area contributed by atoms with Crippen LogP contribution in [0.2, 0.25) is 0 Å². The topological polar surface area (TPSA) is 247 Å². The van der Waals surface area contributed by atoms with E-state index in [1.165, 1.54) is 0 Å². The molecule has 0 saturated heterocycles. The Bertz CT molecular complexity index is 508. The van der Waals surface area contributed by atoms with Crippen molar-refractivity contribution in [1.82, 2.24) is 0 Å². The number of aliphatic hydroxyl groups excluding tert-OH is 3. The van der Waals surface area contributed by atoms with Gasteiger partial charge in [0.05, 0.1) is 0 Å². The SMILES string of the molecule is C=CC(=O)O.O=C(O)C=CC(=O)O.O=C(O)C=CC(=O)O.OCCCC(CO)CO. The largest absolute Gasteiger partial charge is 0.478 e. The van der Waals surface area contributed by atoms with Crippen LogP contribution < -0.4 is 0 Å². The van der Waals surface area contributed by atoms with Crippen molar-refractivity contribution in [3.8, 4) is 0 Å². The highest BCUT2D eigenvalue weighted by Gasteiger charge is 2.03. The Morgan fingerprint density at radius 1 is 0.633 bits per heavy atom. The number of carbonyl (C=O) groups is 5. The molecule has 172 valence electrons. The first kappa shape index (κ1) is 34.0. The van der Waals surface area contributed by atoms with Gasteiger partial charge in [-0.3, -0.25) is 0 Å². The maximum Gasteiger partial charge on any atom is 0.328 e. The zero-order chi connectivity index (χ0) is 24.5. The molecule has 8 N–H and O–H groups in total. The first-order chi connectivity index (χ1) is 13.9. The van der Waals surface area contributed by atoms with Crippen molar-refractivity contribution in [3.63, 3.8) is 0 Å². The normalized spacial score (nSPS) is 9.33. The van der Waals surface area contributed by atoms with Crippen molar-refractivity contribution in [2.45, 2.75) is 12.8 Å². The molecule has 0 rings (SSSR count). The molecule has 0 aromatic carbocycles. The summed E-state index contributed by atoms with van der Waals surface area (Å²) >= 11 is 0. The second-order valence-corrected chi connectivity index (χ2v) is 4.66. The van der Waals surface area contributed by atoms with Crippen LogP contribution in [-0.4, -0.2) is 90.5 Å². The lowest BCUT2D eigenvalue weighted by Gasteiger charge is -2.07. The van der Waals surface area contributed by atoms with Crippen LogP contribution in [0.25, 0.3) is 0 Å². The van der Waals surface area contributed by atoms with E-state index in [9.17, 15) is 24.0 Å². The van der Waals surface area contributed by atoms with E-state index in [0.29, 0.717) is 37.1 Å². The van der Waals surface area contributed by atoms with E-state index in [1.807, 2.05) is 0 Å². The third-order valence-corrected chi connectivity index (χ3v) is 2.20. The van der Waals surface area contributed by atoms with Crippen LogP contribution in [0.1, 0.15) is 12.8 Å². The molecule has 0 aliphatic rings. The van der Waals surface area contributed by atoms with Crippen LogP contribution in [-0.2, 0) is 24.0 Å². The molecule has 0 atom stereocenters. The summed E-state index contributed by atoms with van der Waals surface area (Å²) < 4.78 is 0. The van der Waals surface area contributed by atoms with E-state index in [2.05, 4.69) is 6.58 Å². The minimum atomic E-state index is -1.26. The molecule has 0 heterocycles. The quantitative estimate of drug-likeness (QED) is 0.192. The summed E-state index contributed by atoms with van der Waals surface area (Å²) in [4.78, 5) is 47.5. The molecule has 0 fully saturated rings. The Hall–Kier alpha value is -3.55. The molecule has 13 heteroatoms. The van der Waals surface area contributed by atoms with Gasteiger partial charge >= 0.3 is 29.8 Å². The highest BCUT2D eigenvalue weighted by molar-refractivity contribution is 5.90. The predicted octanol–water partition coefficient (Wildman–Crippen LogP) is -0.960. The molecule has 0 unspecified atom stereocenters. The summed E-state index contributed by atoms with van der Waals surface area (Å²) in [5.41, 5.74) is 0. The third kappa shape index (κ3) is 49.7. The lowest BCUT2D eigenvalue weighted by atomic mass is 10.1. The van der Waals surface area contributed by atoms with Crippen LogP contribution in [0.5, 0.6) is 0 Å². The Morgan fingerprint density at radius 3 is 1.03 bits per heavy atom. The van der Waals surface area contributed by atoms with E-state index in [-0.39, 0.29) is 25.7 Å². The number of hydrogen-bond donors (Lipinski definition) is 8. The van der Waals surface area contributed by atoms with Gasteiger partial charge in [-0.15, -0.1) is 0 Å². The van der Waals surface area contributed by atoms with Gasteiger partial charge in [0.1, 0.15) is 0 Å². The molecule has 0 amide bonds. The zero-order valence-corrected chi connectivity index (χ0v) is 15.8. The summed E-state index contributed by atoms with van der Waals surface area (Å²) in [6.07, 6.45) is 4.42. The zero-order valence-electron chi connectivity index (χ0n) is 15.8. The average molecular weight is 438 g/mol. The molecule has 0 aliphatic carbocycles. The Kier molecular flexibility index (Phi) is 28.8.